The summed E-state index contributed by atoms with van der Waals surface area (Å²) in [6.07, 6.45) is -5.28. The molecule has 5 saturated carbocycles. The highest BCUT2D eigenvalue weighted by molar-refractivity contribution is 5.89. The van der Waals surface area contributed by atoms with Crippen LogP contribution in [0.4, 0.5) is 0 Å². The summed E-state index contributed by atoms with van der Waals surface area (Å²) in [5, 5.41) is 49.4. The van der Waals surface area contributed by atoms with E-state index in [4.69, 9.17) is 23.7 Å². The van der Waals surface area contributed by atoms with E-state index in [9.17, 15) is 25.2 Å². The number of methoxy groups -OCH3 is 4. The molecule has 7 rings (SSSR count). The van der Waals surface area contributed by atoms with E-state index in [0.717, 1.165) is 0 Å². The molecule has 15 unspecified atom stereocenters. The maximum atomic E-state index is 13.5. The predicted octanol–water partition coefficient (Wildman–Crippen LogP) is 0.109. The van der Waals surface area contributed by atoms with Crippen LogP contribution in [0.1, 0.15) is 23.2 Å². The lowest BCUT2D eigenvalue weighted by molar-refractivity contribution is -0.318. The fourth-order valence-electron chi connectivity index (χ4n) is 11.8. The number of ether oxygens (including phenoxy) is 5. The first-order valence-electron chi connectivity index (χ1n) is 14.9. The first-order valence-corrected chi connectivity index (χ1v) is 14.9. The van der Waals surface area contributed by atoms with Crippen molar-refractivity contribution in [2.24, 2.45) is 34.5 Å². The quantitative estimate of drug-likeness (QED) is 0.306. The summed E-state index contributed by atoms with van der Waals surface area (Å²) in [5.74, 6) is -2.96. The molecule has 6 aliphatic rings. The Morgan fingerprint density at radius 1 is 1.00 bits per heavy atom. The number of nitrogens with zero attached hydrogens (tertiary/aromatic N) is 1. The molecular weight excluding hydrogens is 582 g/mol. The molecule has 7 bridgehead atoms. The van der Waals surface area contributed by atoms with Crippen LogP contribution >= 0.6 is 12.4 Å². The molecule has 43 heavy (non-hydrogen) atoms. The Kier molecular flexibility index (Phi) is 7.58. The molecule has 1 spiro atoms. The molecule has 15 atom stereocenters. The van der Waals surface area contributed by atoms with Gasteiger partial charge in [-0.2, -0.15) is 0 Å². The van der Waals surface area contributed by atoms with Crippen LogP contribution in [0.3, 0.4) is 0 Å². The molecule has 1 heterocycles. The molecule has 5 aliphatic carbocycles. The first kappa shape index (κ1) is 31.6. The van der Waals surface area contributed by atoms with Crippen LogP contribution < -0.4 is 0 Å². The summed E-state index contributed by atoms with van der Waals surface area (Å²) in [6, 6.07) is 8.22. The lowest BCUT2D eigenvalue weighted by Gasteiger charge is -2.69. The van der Waals surface area contributed by atoms with Crippen molar-refractivity contribution in [2.75, 3.05) is 48.6 Å². The Bertz CT molecular complexity index is 1240. The minimum absolute atomic E-state index is 0. The van der Waals surface area contributed by atoms with Gasteiger partial charge in [0.05, 0.1) is 30.5 Å². The van der Waals surface area contributed by atoms with Crippen molar-refractivity contribution in [3.8, 4) is 0 Å². The SMILES string of the molecule is COCC12CN(C)C3C4C(OC)C1C3(C(OC)CC2O)C1CC2(O)C(OC)C(O)C4(O)C1C2OC(=O)c1ccccc1.Cl. The van der Waals surface area contributed by atoms with Crippen LogP contribution in [0.15, 0.2) is 30.3 Å². The van der Waals surface area contributed by atoms with Gasteiger partial charge >= 0.3 is 5.97 Å². The zero-order valence-corrected chi connectivity index (χ0v) is 26.0. The molecule has 6 fully saturated rings. The van der Waals surface area contributed by atoms with Crippen molar-refractivity contribution in [1.82, 2.24) is 4.90 Å². The van der Waals surface area contributed by atoms with Crippen LogP contribution in [-0.4, -0.2) is 134 Å². The van der Waals surface area contributed by atoms with Crippen molar-refractivity contribution in [3.05, 3.63) is 35.9 Å². The van der Waals surface area contributed by atoms with E-state index in [1.807, 2.05) is 7.05 Å². The van der Waals surface area contributed by atoms with E-state index in [-0.39, 0.29) is 37.4 Å². The molecule has 12 heteroatoms. The third-order valence-corrected chi connectivity index (χ3v) is 12.6. The molecule has 0 amide bonds. The minimum atomic E-state index is -1.86. The summed E-state index contributed by atoms with van der Waals surface area (Å²) in [6.45, 7) is 0.760. The van der Waals surface area contributed by atoms with E-state index in [0.29, 0.717) is 18.5 Å². The summed E-state index contributed by atoms with van der Waals surface area (Å²) in [4.78, 5) is 15.7. The van der Waals surface area contributed by atoms with E-state index < -0.39 is 82.4 Å². The van der Waals surface area contributed by atoms with E-state index in [1.54, 1.807) is 51.7 Å². The molecule has 240 valence electrons. The Morgan fingerprint density at radius 3 is 2.30 bits per heavy atom. The van der Waals surface area contributed by atoms with E-state index >= 15 is 0 Å². The van der Waals surface area contributed by atoms with Crippen molar-refractivity contribution >= 4 is 18.4 Å². The van der Waals surface area contributed by atoms with Gasteiger partial charge in [0.1, 0.15) is 29.5 Å². The van der Waals surface area contributed by atoms with Gasteiger partial charge in [-0.05, 0) is 31.5 Å². The number of carbonyl (C=O) groups excluding carboxylic acids is 1. The van der Waals surface area contributed by atoms with Crippen LogP contribution in [0.2, 0.25) is 0 Å². The molecule has 0 radical (unpaired) electrons. The van der Waals surface area contributed by atoms with E-state index in [2.05, 4.69) is 4.90 Å². The lowest BCUT2D eigenvalue weighted by atomic mass is 9.42. The topological polar surface area (TPSA) is 147 Å². The lowest BCUT2D eigenvalue weighted by Crippen LogP contribution is -2.80. The monoisotopic (exact) mass is 625 g/mol. The second kappa shape index (κ2) is 10.3. The average Bonchev–Trinajstić information content (AvgIpc) is 3.37. The maximum absolute atomic E-state index is 13.5. The molecule has 1 aliphatic heterocycles. The zero-order valence-electron chi connectivity index (χ0n) is 25.2. The molecule has 1 saturated heterocycles. The second-order valence-electron chi connectivity index (χ2n) is 13.7. The number of carbonyl (C=O) groups is 1. The van der Waals surface area contributed by atoms with Gasteiger partial charge in [0, 0.05) is 76.0 Å². The average molecular weight is 626 g/mol. The maximum Gasteiger partial charge on any atom is 0.338 e. The Morgan fingerprint density at radius 2 is 1.70 bits per heavy atom. The van der Waals surface area contributed by atoms with E-state index in [1.165, 1.54) is 7.11 Å². The molecule has 11 nitrogen and oxygen atoms in total. The van der Waals surface area contributed by atoms with Gasteiger partial charge in [0.25, 0.3) is 0 Å². The standard InChI is InChI=1S/C31H43NO10.ClH/c1-32-13-28(14-38-2)17(33)11-18(39-3)30-16-12-29(36)25(42-27(35)15-9-7-6-8-10-15)19(16)31(37,24(34)26(29)41-5)20(23(30)32)21(40-4)22(28)30;/h6-10,16-26,33-34,36-37H,11-14H2,1-5H3;1H. The number of hydrogen-bond acceptors (Lipinski definition) is 11. The van der Waals surface area contributed by atoms with Gasteiger partial charge in [-0.25, -0.2) is 4.79 Å². The number of benzene rings is 1. The van der Waals surface area contributed by atoms with Crippen LogP contribution in [-0.2, 0) is 23.7 Å². The Labute approximate surface area is 257 Å². The number of aliphatic hydroxyl groups excluding tert-OH is 2. The summed E-state index contributed by atoms with van der Waals surface area (Å²) in [7, 11) is 8.22. The van der Waals surface area contributed by atoms with Gasteiger partial charge < -0.3 is 49.0 Å². The highest BCUT2D eigenvalue weighted by Gasteiger charge is 2.91. The number of hydrogen-bond donors (Lipinski definition) is 4. The highest BCUT2D eigenvalue weighted by Crippen LogP contribution is 2.80. The smallest absolute Gasteiger partial charge is 0.338 e. The first-order chi connectivity index (χ1) is 20.0. The van der Waals surface area contributed by atoms with Crippen molar-refractivity contribution in [2.45, 2.75) is 66.7 Å². The van der Waals surface area contributed by atoms with Crippen LogP contribution in [0.5, 0.6) is 0 Å². The molecule has 4 N–H and O–H groups in total. The van der Waals surface area contributed by atoms with Crippen molar-refractivity contribution in [3.63, 3.8) is 0 Å². The number of likely N-dealkylation sites (tertiary alicyclic amines) is 1. The number of esters is 1. The minimum Gasteiger partial charge on any atom is -0.455 e. The fraction of sp³-hybridized carbons (Fsp3) is 0.774. The largest absolute Gasteiger partial charge is 0.455 e. The Balaban J connectivity index is 0.00000329. The number of rotatable bonds is 7. The van der Waals surface area contributed by atoms with Gasteiger partial charge in [0.15, 0.2) is 0 Å². The molecule has 1 aromatic rings. The summed E-state index contributed by atoms with van der Waals surface area (Å²) >= 11 is 0. The normalized spacial score (nSPS) is 52.4. The number of fused-ring (bicyclic) bond motifs is 2. The molecular formula is C31H44ClNO10. The summed E-state index contributed by atoms with van der Waals surface area (Å²) < 4.78 is 30.3. The predicted molar refractivity (Wildman–Crippen MR) is 154 cm³/mol. The van der Waals surface area contributed by atoms with Crippen LogP contribution in [0.25, 0.3) is 0 Å². The number of piperidine rings is 1. The van der Waals surface area contributed by atoms with Crippen molar-refractivity contribution < 1.29 is 48.9 Å². The third kappa shape index (κ3) is 3.44. The number of aliphatic hydroxyl groups is 4. The van der Waals surface area contributed by atoms with Gasteiger partial charge in [0.2, 0.25) is 0 Å². The molecule has 0 aromatic heterocycles. The Hall–Kier alpha value is -1.38. The summed E-state index contributed by atoms with van der Waals surface area (Å²) in [5.41, 5.74) is -4.81. The highest BCUT2D eigenvalue weighted by atomic mass is 35.5. The zero-order chi connectivity index (χ0) is 30.0. The fourth-order valence-corrected chi connectivity index (χ4v) is 11.8. The molecule has 1 aromatic carbocycles. The number of halogens is 1. The van der Waals surface area contributed by atoms with Crippen molar-refractivity contribution in [1.29, 1.82) is 0 Å². The third-order valence-electron chi connectivity index (χ3n) is 12.6. The van der Waals surface area contributed by atoms with Gasteiger partial charge in [-0.15, -0.1) is 12.4 Å². The second-order valence-corrected chi connectivity index (χ2v) is 13.7. The van der Waals surface area contributed by atoms with Gasteiger partial charge in [-0.3, -0.25) is 0 Å². The van der Waals surface area contributed by atoms with Gasteiger partial charge in [-0.1, -0.05) is 18.2 Å². The van der Waals surface area contributed by atoms with Crippen LogP contribution in [0, 0.1) is 34.5 Å².